The Morgan fingerprint density at radius 1 is 1.08 bits per heavy atom. The van der Waals surface area contributed by atoms with Crippen LogP contribution >= 0.6 is 7.75 Å². The standard InChI is InChI=1S/C34H31F2N4O9P/c1-3-48-50(44,37-34(12-13-34)33(43)45-2)49-31-24(41)10-14-39-29(31)32(42)38-15-17-46-18-25(38)40(39)28-19-6-4-5-7-20(19)30-22(11-16-47-30)26-21(28)8-9-23(35)27(26)36/h4-11,14,16,25,28H,3,12-13,15,17-18H2,1-2H3,(H,37,44). The number of amides is 1. The van der Waals surface area contributed by atoms with E-state index in [1.165, 1.54) is 35.2 Å². The smallest absolute Gasteiger partial charge is 0.459 e. The molecule has 4 aromatic rings. The SMILES string of the molecule is CCOP(=O)(NC1(C(=O)OC)CC1)Oc1c2n(ccc1=O)N(C1c3ccccc3-c3occc3-c3c1ccc(F)c3F)C1COCCN1C2=O. The molecule has 0 spiro atoms. The average molecular weight is 709 g/mol. The first-order chi connectivity index (χ1) is 24.1. The second-order valence-electron chi connectivity index (χ2n) is 12.3. The monoisotopic (exact) mass is 708 g/mol. The molecule has 2 fully saturated rings. The highest BCUT2D eigenvalue weighted by Gasteiger charge is 2.57. The molecule has 50 heavy (non-hydrogen) atoms. The van der Waals surface area contributed by atoms with Crippen molar-refractivity contribution in [2.45, 2.75) is 37.5 Å². The van der Waals surface area contributed by atoms with Gasteiger partial charge in [0, 0.05) is 35.5 Å². The fourth-order valence-electron chi connectivity index (χ4n) is 7.10. The van der Waals surface area contributed by atoms with Gasteiger partial charge in [0.1, 0.15) is 17.5 Å². The number of nitrogens with one attached hydrogen (secondary N) is 1. The third-order valence-corrected chi connectivity index (χ3v) is 11.2. The number of aromatic nitrogens is 1. The van der Waals surface area contributed by atoms with Crippen molar-refractivity contribution in [3.05, 3.63) is 99.7 Å². The predicted molar refractivity (Wildman–Crippen MR) is 173 cm³/mol. The number of hydrogen-bond donors (Lipinski definition) is 1. The van der Waals surface area contributed by atoms with E-state index < -0.39 is 60.2 Å². The highest BCUT2D eigenvalue weighted by Crippen LogP contribution is 2.53. The lowest BCUT2D eigenvalue weighted by Crippen LogP contribution is -2.66. The molecular weight excluding hydrogens is 677 g/mol. The molecule has 1 saturated carbocycles. The van der Waals surface area contributed by atoms with E-state index in [0.717, 1.165) is 12.1 Å². The summed E-state index contributed by atoms with van der Waals surface area (Å²) in [5.41, 5.74) is -0.559. The van der Waals surface area contributed by atoms with Gasteiger partial charge in [-0.1, -0.05) is 30.3 Å². The van der Waals surface area contributed by atoms with Crippen LogP contribution in [0.15, 0.2) is 70.2 Å². The summed E-state index contributed by atoms with van der Waals surface area (Å²) in [6, 6.07) is 11.5. The normalized spacial score (nSPS) is 21.1. The van der Waals surface area contributed by atoms with Gasteiger partial charge in [-0.05, 0) is 43.0 Å². The lowest BCUT2D eigenvalue weighted by Gasteiger charge is -2.51. The van der Waals surface area contributed by atoms with Crippen molar-refractivity contribution in [2.75, 3.05) is 38.5 Å². The minimum atomic E-state index is -4.49. The molecular formula is C34H31F2N4O9P. The van der Waals surface area contributed by atoms with E-state index in [1.54, 1.807) is 36.2 Å². The molecule has 4 heterocycles. The van der Waals surface area contributed by atoms with Crippen molar-refractivity contribution >= 4 is 19.6 Å². The first-order valence-electron chi connectivity index (χ1n) is 16.0. The quantitative estimate of drug-likeness (QED) is 0.201. The zero-order valence-corrected chi connectivity index (χ0v) is 27.8. The summed E-state index contributed by atoms with van der Waals surface area (Å²) in [6.45, 7) is 1.73. The number of rotatable bonds is 8. The van der Waals surface area contributed by atoms with Crippen LogP contribution in [0.4, 0.5) is 8.78 Å². The van der Waals surface area contributed by atoms with E-state index in [9.17, 15) is 23.3 Å². The maximum Gasteiger partial charge on any atom is 0.459 e. The molecule has 1 saturated heterocycles. The fourth-order valence-corrected chi connectivity index (χ4v) is 8.86. The van der Waals surface area contributed by atoms with E-state index >= 15 is 4.39 Å². The average Bonchev–Trinajstić information content (AvgIpc) is 3.76. The first kappa shape index (κ1) is 32.4. The van der Waals surface area contributed by atoms with Crippen LogP contribution in [0.5, 0.6) is 5.75 Å². The molecule has 4 aliphatic rings. The van der Waals surface area contributed by atoms with Gasteiger partial charge in [0.25, 0.3) is 5.91 Å². The first-order valence-corrected chi connectivity index (χ1v) is 17.6. The molecule has 16 heteroatoms. The fraction of sp³-hybridized carbons (Fsp3) is 0.324. The number of esters is 1. The Morgan fingerprint density at radius 3 is 2.64 bits per heavy atom. The van der Waals surface area contributed by atoms with Gasteiger partial charge in [0.15, 0.2) is 17.3 Å². The molecule has 1 amide bonds. The molecule has 2 aliphatic carbocycles. The van der Waals surface area contributed by atoms with E-state index in [2.05, 4.69) is 5.09 Å². The molecule has 8 rings (SSSR count). The van der Waals surface area contributed by atoms with Gasteiger partial charge in [-0.2, -0.15) is 5.09 Å². The van der Waals surface area contributed by atoms with Crippen molar-refractivity contribution in [1.29, 1.82) is 0 Å². The zero-order valence-electron chi connectivity index (χ0n) is 26.9. The Bertz CT molecular complexity index is 2170. The number of fused-ring (bicyclic) bond motifs is 7. The van der Waals surface area contributed by atoms with Gasteiger partial charge in [-0.15, -0.1) is 0 Å². The topological polar surface area (TPSA) is 142 Å². The van der Waals surface area contributed by atoms with Crippen molar-refractivity contribution < 1.29 is 45.9 Å². The number of hydrogen-bond acceptors (Lipinski definition) is 10. The Morgan fingerprint density at radius 2 is 1.88 bits per heavy atom. The lowest BCUT2D eigenvalue weighted by molar-refractivity contribution is -0.143. The third-order valence-electron chi connectivity index (χ3n) is 9.46. The minimum absolute atomic E-state index is 0.0232. The molecule has 3 atom stereocenters. The van der Waals surface area contributed by atoms with Crippen LogP contribution in [0.1, 0.15) is 47.4 Å². The predicted octanol–water partition coefficient (Wildman–Crippen LogP) is 4.73. The van der Waals surface area contributed by atoms with Gasteiger partial charge in [0.2, 0.25) is 11.2 Å². The molecule has 13 nitrogen and oxygen atoms in total. The summed E-state index contributed by atoms with van der Waals surface area (Å²) >= 11 is 0. The number of nitrogens with zero attached hydrogens (tertiary/aromatic N) is 3. The van der Waals surface area contributed by atoms with Gasteiger partial charge in [-0.3, -0.25) is 28.6 Å². The Labute approximate surface area is 283 Å². The molecule has 2 aliphatic heterocycles. The summed E-state index contributed by atoms with van der Waals surface area (Å²) < 4.78 is 74.7. The number of benzene rings is 2. The highest BCUT2D eigenvalue weighted by atomic mass is 31.2. The number of pyridine rings is 1. The molecule has 2 aromatic heterocycles. The number of furan rings is 1. The number of ether oxygens (including phenoxy) is 2. The van der Waals surface area contributed by atoms with Gasteiger partial charge >= 0.3 is 13.7 Å². The van der Waals surface area contributed by atoms with Crippen LogP contribution in [-0.4, -0.2) is 66.6 Å². The summed E-state index contributed by atoms with van der Waals surface area (Å²) in [5, 5.41) is 4.39. The van der Waals surface area contributed by atoms with Gasteiger partial charge in [0.05, 0.1) is 39.2 Å². The molecule has 0 bridgehead atoms. The Hall–Kier alpha value is -4.82. The number of halogens is 2. The molecule has 0 radical (unpaired) electrons. The summed E-state index contributed by atoms with van der Waals surface area (Å²) in [4.78, 5) is 42.1. The number of carbonyl (C=O) groups excluding carboxylic acids is 2. The second-order valence-corrected chi connectivity index (χ2v) is 14.0. The van der Waals surface area contributed by atoms with Crippen LogP contribution in [0.25, 0.3) is 22.5 Å². The van der Waals surface area contributed by atoms with Crippen molar-refractivity contribution in [1.82, 2.24) is 14.7 Å². The largest absolute Gasteiger partial charge is 0.468 e. The molecule has 3 unspecified atom stereocenters. The highest BCUT2D eigenvalue weighted by molar-refractivity contribution is 7.52. The Balaban J connectivity index is 1.35. The van der Waals surface area contributed by atoms with Crippen LogP contribution in [0, 0.1) is 11.6 Å². The van der Waals surface area contributed by atoms with Crippen LogP contribution in [0.3, 0.4) is 0 Å². The molecule has 1 N–H and O–H groups in total. The van der Waals surface area contributed by atoms with E-state index in [-0.39, 0.29) is 50.5 Å². The number of carbonyl (C=O) groups is 2. The second kappa shape index (κ2) is 11.9. The van der Waals surface area contributed by atoms with Crippen molar-refractivity contribution in [2.24, 2.45) is 0 Å². The van der Waals surface area contributed by atoms with E-state index in [4.69, 9.17) is 22.9 Å². The number of methoxy groups -OCH3 is 1. The van der Waals surface area contributed by atoms with Crippen LogP contribution < -0.4 is 20.0 Å². The summed E-state index contributed by atoms with van der Waals surface area (Å²) in [6.07, 6.45) is 2.53. The summed E-state index contributed by atoms with van der Waals surface area (Å²) in [7, 11) is -3.30. The van der Waals surface area contributed by atoms with Crippen molar-refractivity contribution in [3.63, 3.8) is 0 Å². The van der Waals surface area contributed by atoms with E-state index in [1.807, 2.05) is 6.07 Å². The number of morpholine rings is 1. The van der Waals surface area contributed by atoms with Crippen molar-refractivity contribution in [3.8, 4) is 28.2 Å². The lowest BCUT2D eigenvalue weighted by atomic mass is 9.92. The van der Waals surface area contributed by atoms with Gasteiger partial charge in [-0.25, -0.2) is 13.3 Å². The maximum absolute atomic E-state index is 16.0. The minimum Gasteiger partial charge on any atom is -0.468 e. The van der Waals surface area contributed by atoms with E-state index in [0.29, 0.717) is 28.0 Å². The third kappa shape index (κ3) is 4.90. The van der Waals surface area contributed by atoms with Gasteiger partial charge < -0.3 is 23.3 Å². The van der Waals surface area contributed by atoms with Crippen LogP contribution in [-0.2, 0) is 23.4 Å². The zero-order chi connectivity index (χ0) is 34.9. The van der Waals surface area contributed by atoms with Crippen LogP contribution in [0.2, 0.25) is 0 Å². The maximum atomic E-state index is 16.0. The Kier molecular flexibility index (Phi) is 7.71. The summed E-state index contributed by atoms with van der Waals surface area (Å²) in [5.74, 6) is -3.71. The molecule has 260 valence electrons. The molecule has 2 aromatic carbocycles.